The molecule has 0 saturated heterocycles. The zero-order valence-electron chi connectivity index (χ0n) is 12.9. The van der Waals surface area contributed by atoms with Crippen molar-refractivity contribution in [3.05, 3.63) is 24.2 Å². The van der Waals surface area contributed by atoms with E-state index >= 15 is 0 Å². The first kappa shape index (κ1) is 15.1. The third-order valence-electron chi connectivity index (χ3n) is 5.12. The second-order valence-electron chi connectivity index (χ2n) is 7.05. The molecule has 1 heterocycles. The first-order chi connectivity index (χ1) is 9.18. The van der Waals surface area contributed by atoms with Gasteiger partial charge in [-0.05, 0) is 29.9 Å². The number of hydrogen-bond acceptors (Lipinski definition) is 3. The SMILES string of the molecule is CC(CC(O)c1ccco1)NC(=O)C1C(C)(C)C1(C)C. The van der Waals surface area contributed by atoms with Gasteiger partial charge in [0, 0.05) is 18.4 Å². The van der Waals surface area contributed by atoms with Crippen LogP contribution in [0.2, 0.25) is 0 Å². The smallest absolute Gasteiger partial charge is 0.224 e. The van der Waals surface area contributed by atoms with Gasteiger partial charge in [-0.15, -0.1) is 0 Å². The van der Waals surface area contributed by atoms with Gasteiger partial charge in [0.1, 0.15) is 11.9 Å². The summed E-state index contributed by atoms with van der Waals surface area (Å²) in [6.45, 7) is 10.4. The van der Waals surface area contributed by atoms with Gasteiger partial charge in [0.05, 0.1) is 6.26 Å². The molecule has 1 aliphatic carbocycles. The Morgan fingerprint density at radius 1 is 1.40 bits per heavy atom. The topological polar surface area (TPSA) is 62.5 Å². The molecule has 2 N–H and O–H groups in total. The first-order valence-corrected chi connectivity index (χ1v) is 7.19. The summed E-state index contributed by atoms with van der Waals surface area (Å²) < 4.78 is 5.16. The van der Waals surface area contributed by atoms with Crippen LogP contribution < -0.4 is 5.32 Å². The molecule has 0 aromatic carbocycles. The highest BCUT2D eigenvalue weighted by Gasteiger charge is 2.68. The Labute approximate surface area is 120 Å². The summed E-state index contributed by atoms with van der Waals surface area (Å²) >= 11 is 0. The number of carbonyl (C=O) groups is 1. The molecule has 0 bridgehead atoms. The van der Waals surface area contributed by atoms with Crippen molar-refractivity contribution in [2.45, 2.75) is 53.2 Å². The molecule has 2 atom stereocenters. The van der Waals surface area contributed by atoms with E-state index in [1.165, 1.54) is 6.26 Å². The van der Waals surface area contributed by atoms with Crippen LogP contribution in [0.3, 0.4) is 0 Å². The molecule has 0 spiro atoms. The van der Waals surface area contributed by atoms with E-state index in [2.05, 4.69) is 33.0 Å². The lowest BCUT2D eigenvalue weighted by atomic mass is 10.0. The van der Waals surface area contributed by atoms with Gasteiger partial charge in [-0.3, -0.25) is 4.79 Å². The number of carbonyl (C=O) groups excluding carboxylic acids is 1. The molecule has 0 aliphatic heterocycles. The van der Waals surface area contributed by atoms with Gasteiger partial charge in [-0.25, -0.2) is 0 Å². The maximum atomic E-state index is 12.3. The number of aliphatic hydroxyl groups is 1. The van der Waals surface area contributed by atoms with Gasteiger partial charge in [0.2, 0.25) is 5.91 Å². The lowest BCUT2D eigenvalue weighted by Gasteiger charge is -2.17. The Morgan fingerprint density at radius 3 is 2.45 bits per heavy atom. The van der Waals surface area contributed by atoms with Crippen LogP contribution in [-0.4, -0.2) is 17.1 Å². The molecule has 1 aromatic heterocycles. The zero-order valence-corrected chi connectivity index (χ0v) is 12.9. The lowest BCUT2D eigenvalue weighted by molar-refractivity contribution is -0.124. The van der Waals surface area contributed by atoms with Crippen molar-refractivity contribution in [1.29, 1.82) is 0 Å². The predicted octanol–water partition coefficient (Wildman–Crippen LogP) is 2.89. The molecule has 4 nitrogen and oxygen atoms in total. The number of aliphatic hydroxyl groups excluding tert-OH is 1. The average Bonchev–Trinajstić information content (AvgIpc) is 2.73. The van der Waals surface area contributed by atoms with E-state index in [1.807, 2.05) is 6.92 Å². The van der Waals surface area contributed by atoms with Crippen LogP contribution in [0.15, 0.2) is 22.8 Å². The van der Waals surface area contributed by atoms with Gasteiger partial charge >= 0.3 is 0 Å². The summed E-state index contributed by atoms with van der Waals surface area (Å²) in [5, 5.41) is 13.0. The average molecular weight is 279 g/mol. The van der Waals surface area contributed by atoms with E-state index in [0.29, 0.717) is 12.2 Å². The van der Waals surface area contributed by atoms with Gasteiger partial charge in [0.25, 0.3) is 0 Å². The fourth-order valence-corrected chi connectivity index (χ4v) is 3.17. The molecule has 0 radical (unpaired) electrons. The fourth-order valence-electron chi connectivity index (χ4n) is 3.17. The van der Waals surface area contributed by atoms with Crippen LogP contribution in [0.1, 0.15) is 52.9 Å². The van der Waals surface area contributed by atoms with E-state index < -0.39 is 6.10 Å². The minimum Gasteiger partial charge on any atom is -0.467 e. The zero-order chi connectivity index (χ0) is 15.1. The van der Waals surface area contributed by atoms with Crippen molar-refractivity contribution in [3.63, 3.8) is 0 Å². The van der Waals surface area contributed by atoms with Crippen LogP contribution in [0.4, 0.5) is 0 Å². The number of amides is 1. The van der Waals surface area contributed by atoms with E-state index in [9.17, 15) is 9.90 Å². The molecular formula is C16H25NO3. The normalized spacial score (nSPS) is 23.1. The molecule has 1 aliphatic rings. The van der Waals surface area contributed by atoms with Crippen molar-refractivity contribution in [2.75, 3.05) is 0 Å². The molecule has 2 rings (SSSR count). The minimum absolute atomic E-state index is 0.0381. The summed E-state index contributed by atoms with van der Waals surface area (Å²) in [7, 11) is 0. The van der Waals surface area contributed by atoms with Gasteiger partial charge in [0.15, 0.2) is 0 Å². The molecule has 20 heavy (non-hydrogen) atoms. The summed E-state index contributed by atoms with van der Waals surface area (Å²) in [5.74, 6) is 0.663. The quantitative estimate of drug-likeness (QED) is 0.871. The number of furan rings is 1. The Balaban J connectivity index is 1.87. The minimum atomic E-state index is -0.680. The van der Waals surface area contributed by atoms with Crippen LogP contribution in [0.25, 0.3) is 0 Å². The van der Waals surface area contributed by atoms with Gasteiger partial charge < -0.3 is 14.8 Å². The van der Waals surface area contributed by atoms with Crippen LogP contribution >= 0.6 is 0 Å². The van der Waals surface area contributed by atoms with E-state index in [-0.39, 0.29) is 28.7 Å². The van der Waals surface area contributed by atoms with Crippen LogP contribution in [0, 0.1) is 16.7 Å². The Hall–Kier alpha value is -1.29. The molecule has 1 aromatic rings. The standard InChI is InChI=1S/C16H25NO3/c1-10(9-11(18)12-7-6-8-20-12)17-14(19)13-15(2,3)16(13,4)5/h6-8,10-11,13,18H,9H2,1-5H3,(H,17,19). The summed E-state index contributed by atoms with van der Waals surface area (Å²) in [6, 6.07) is 3.40. The number of rotatable bonds is 5. The van der Waals surface area contributed by atoms with Crippen molar-refractivity contribution >= 4 is 5.91 Å². The summed E-state index contributed by atoms with van der Waals surface area (Å²) in [6.07, 6.45) is 1.31. The Bertz CT molecular complexity index is 462. The van der Waals surface area contributed by atoms with Crippen molar-refractivity contribution < 1.29 is 14.3 Å². The maximum Gasteiger partial charge on any atom is 0.224 e. The molecular weight excluding hydrogens is 254 g/mol. The third kappa shape index (κ3) is 2.49. The monoisotopic (exact) mass is 279 g/mol. The lowest BCUT2D eigenvalue weighted by Crippen LogP contribution is -2.36. The van der Waals surface area contributed by atoms with Crippen molar-refractivity contribution in [1.82, 2.24) is 5.32 Å². The molecule has 4 heteroatoms. The highest BCUT2D eigenvalue weighted by atomic mass is 16.4. The Morgan fingerprint density at radius 2 is 2.00 bits per heavy atom. The maximum absolute atomic E-state index is 12.3. The molecule has 1 fully saturated rings. The first-order valence-electron chi connectivity index (χ1n) is 7.19. The van der Waals surface area contributed by atoms with Crippen LogP contribution in [0.5, 0.6) is 0 Å². The van der Waals surface area contributed by atoms with E-state index in [4.69, 9.17) is 4.42 Å². The largest absolute Gasteiger partial charge is 0.467 e. The molecule has 1 amide bonds. The van der Waals surface area contributed by atoms with Crippen LogP contribution in [-0.2, 0) is 4.79 Å². The fraction of sp³-hybridized carbons (Fsp3) is 0.688. The summed E-state index contributed by atoms with van der Waals surface area (Å²) in [5.41, 5.74) is 0.0763. The molecule has 1 saturated carbocycles. The highest BCUT2D eigenvalue weighted by molar-refractivity contribution is 5.84. The predicted molar refractivity (Wildman–Crippen MR) is 76.9 cm³/mol. The Kier molecular flexibility index (Phi) is 3.71. The van der Waals surface area contributed by atoms with E-state index in [1.54, 1.807) is 12.1 Å². The second kappa shape index (κ2) is 4.92. The third-order valence-corrected chi connectivity index (χ3v) is 5.12. The number of hydrogen-bond donors (Lipinski definition) is 2. The van der Waals surface area contributed by atoms with Gasteiger partial charge in [-0.2, -0.15) is 0 Å². The number of nitrogens with one attached hydrogen (secondary N) is 1. The molecule has 112 valence electrons. The van der Waals surface area contributed by atoms with Crippen molar-refractivity contribution in [2.24, 2.45) is 16.7 Å². The van der Waals surface area contributed by atoms with Crippen molar-refractivity contribution in [3.8, 4) is 0 Å². The van der Waals surface area contributed by atoms with E-state index in [0.717, 1.165) is 0 Å². The molecule has 2 unspecified atom stereocenters. The highest BCUT2D eigenvalue weighted by Crippen LogP contribution is 2.68. The second-order valence-corrected chi connectivity index (χ2v) is 7.05. The summed E-state index contributed by atoms with van der Waals surface area (Å²) in [4.78, 5) is 12.3. The van der Waals surface area contributed by atoms with Gasteiger partial charge in [-0.1, -0.05) is 27.7 Å².